The van der Waals surface area contributed by atoms with Crippen LogP contribution in [0, 0.1) is 0 Å². The van der Waals surface area contributed by atoms with Gasteiger partial charge in [0, 0.05) is 12.6 Å². The summed E-state index contributed by atoms with van der Waals surface area (Å²) < 4.78 is 6.19. The molecule has 0 aliphatic carbocycles. The minimum absolute atomic E-state index is 0.189. The normalized spacial score (nSPS) is 13.4. The summed E-state index contributed by atoms with van der Waals surface area (Å²) in [5.41, 5.74) is 6.65. The van der Waals surface area contributed by atoms with E-state index in [4.69, 9.17) is 15.6 Å². The number of carbonyl (C=O) groups excluding carboxylic acids is 1. The summed E-state index contributed by atoms with van der Waals surface area (Å²) in [6, 6.07) is 9.00. The number of aliphatic carboxylic acids is 1. The van der Waals surface area contributed by atoms with Gasteiger partial charge in [0.1, 0.15) is 6.04 Å². The first-order valence-electron chi connectivity index (χ1n) is 6.68. The van der Waals surface area contributed by atoms with Gasteiger partial charge in [-0.2, -0.15) is 5.10 Å². The van der Waals surface area contributed by atoms with Crippen LogP contribution in [0.2, 0.25) is 0 Å². The molecule has 22 heavy (non-hydrogen) atoms. The summed E-state index contributed by atoms with van der Waals surface area (Å²) in [6.45, 7) is 0. The van der Waals surface area contributed by atoms with E-state index in [2.05, 4.69) is 5.10 Å². The van der Waals surface area contributed by atoms with Crippen molar-refractivity contribution in [3.05, 3.63) is 53.9 Å². The van der Waals surface area contributed by atoms with Crippen LogP contribution in [0.15, 0.2) is 42.6 Å². The van der Waals surface area contributed by atoms with Crippen LogP contribution >= 0.6 is 0 Å². The van der Waals surface area contributed by atoms with Gasteiger partial charge < -0.3 is 15.6 Å². The molecule has 0 fully saturated rings. The molecule has 2 aromatic rings. The Balaban J connectivity index is 2.26. The Kier molecular flexibility index (Phi) is 4.90. The van der Waals surface area contributed by atoms with Gasteiger partial charge >= 0.3 is 11.9 Å². The lowest BCUT2D eigenvalue weighted by Crippen LogP contribution is -2.25. The summed E-state index contributed by atoms with van der Waals surface area (Å²) in [5.74, 6) is -1.63. The number of nitrogens with zero attached hydrogens (tertiary/aromatic N) is 2. The number of ether oxygens (including phenoxy) is 1. The van der Waals surface area contributed by atoms with E-state index < -0.39 is 24.0 Å². The number of hydrogen-bond donors (Lipinski definition) is 2. The van der Waals surface area contributed by atoms with Crippen LogP contribution in [-0.2, 0) is 20.7 Å². The molecule has 2 rings (SSSR count). The lowest BCUT2D eigenvalue weighted by atomic mass is 10.1. The molecule has 0 spiro atoms. The molecule has 0 bridgehead atoms. The van der Waals surface area contributed by atoms with Crippen LogP contribution in [0.25, 0.3) is 0 Å². The van der Waals surface area contributed by atoms with Crippen molar-refractivity contribution >= 4 is 11.9 Å². The zero-order valence-corrected chi connectivity index (χ0v) is 12.0. The second kappa shape index (κ2) is 6.86. The number of benzene rings is 1. The third-order valence-corrected chi connectivity index (χ3v) is 3.28. The molecule has 0 aliphatic heterocycles. The van der Waals surface area contributed by atoms with Crippen molar-refractivity contribution in [1.82, 2.24) is 9.78 Å². The van der Waals surface area contributed by atoms with Gasteiger partial charge in [0.25, 0.3) is 0 Å². The van der Waals surface area contributed by atoms with Crippen LogP contribution in [0.4, 0.5) is 0 Å². The van der Waals surface area contributed by atoms with Crippen molar-refractivity contribution in [3.63, 3.8) is 0 Å². The average molecular weight is 303 g/mol. The predicted molar refractivity (Wildman–Crippen MR) is 78.0 cm³/mol. The minimum atomic E-state index is -1.23. The molecule has 0 radical (unpaired) electrons. The fraction of sp³-hybridized carbons (Fsp3) is 0.267. The van der Waals surface area contributed by atoms with E-state index in [1.807, 2.05) is 30.3 Å². The minimum Gasteiger partial charge on any atom is -0.480 e. The molecule has 1 heterocycles. The van der Waals surface area contributed by atoms with E-state index in [1.54, 1.807) is 0 Å². The van der Waals surface area contributed by atoms with Crippen LogP contribution in [0.5, 0.6) is 0 Å². The van der Waals surface area contributed by atoms with Crippen LogP contribution in [0.3, 0.4) is 0 Å². The van der Waals surface area contributed by atoms with Crippen LogP contribution in [0.1, 0.15) is 23.3 Å². The topological polar surface area (TPSA) is 107 Å². The summed E-state index contributed by atoms with van der Waals surface area (Å²) in [4.78, 5) is 22.9. The van der Waals surface area contributed by atoms with Gasteiger partial charge in [0.15, 0.2) is 6.04 Å². The number of carboxylic acid groups (broad SMARTS) is 1. The van der Waals surface area contributed by atoms with E-state index in [0.29, 0.717) is 6.42 Å². The zero-order valence-electron chi connectivity index (χ0n) is 12.0. The Labute approximate surface area is 127 Å². The molecule has 0 saturated heterocycles. The summed E-state index contributed by atoms with van der Waals surface area (Å²) in [5, 5.41) is 13.0. The number of aromatic nitrogens is 2. The first kappa shape index (κ1) is 15.7. The molecule has 3 N–H and O–H groups in total. The maximum Gasteiger partial charge on any atom is 0.331 e. The van der Waals surface area contributed by atoms with Gasteiger partial charge in [-0.25, -0.2) is 4.79 Å². The maximum atomic E-state index is 12.0. The van der Waals surface area contributed by atoms with Gasteiger partial charge in [-0.1, -0.05) is 30.3 Å². The first-order chi connectivity index (χ1) is 10.5. The summed E-state index contributed by atoms with van der Waals surface area (Å²) in [6.07, 6.45) is 1.92. The molecule has 0 amide bonds. The second-order valence-corrected chi connectivity index (χ2v) is 4.77. The van der Waals surface area contributed by atoms with Gasteiger partial charge in [-0.15, -0.1) is 0 Å². The van der Waals surface area contributed by atoms with E-state index >= 15 is 0 Å². The summed E-state index contributed by atoms with van der Waals surface area (Å²) in [7, 11) is 1.30. The highest BCUT2D eigenvalue weighted by atomic mass is 16.5. The predicted octanol–water partition coefficient (Wildman–Crippen LogP) is 0.924. The van der Waals surface area contributed by atoms with Crippen molar-refractivity contribution in [2.24, 2.45) is 5.73 Å². The third kappa shape index (κ3) is 3.50. The lowest BCUT2D eigenvalue weighted by molar-refractivity contribution is -0.144. The Morgan fingerprint density at radius 3 is 2.59 bits per heavy atom. The highest BCUT2D eigenvalue weighted by Gasteiger charge is 2.25. The third-order valence-electron chi connectivity index (χ3n) is 3.28. The molecule has 0 saturated carbocycles. The van der Waals surface area contributed by atoms with Gasteiger partial charge in [0.05, 0.1) is 12.8 Å². The molecule has 1 aromatic heterocycles. The Hall–Kier alpha value is -2.67. The highest BCUT2D eigenvalue weighted by molar-refractivity contribution is 5.75. The highest BCUT2D eigenvalue weighted by Crippen LogP contribution is 2.17. The molecule has 7 heteroatoms. The van der Waals surface area contributed by atoms with Crippen molar-refractivity contribution in [1.29, 1.82) is 0 Å². The Morgan fingerprint density at radius 1 is 1.32 bits per heavy atom. The van der Waals surface area contributed by atoms with Gasteiger partial charge in [-0.05, 0) is 11.6 Å². The molecule has 1 aromatic carbocycles. The largest absolute Gasteiger partial charge is 0.480 e. The maximum absolute atomic E-state index is 12.0. The molecule has 116 valence electrons. The van der Waals surface area contributed by atoms with E-state index in [9.17, 15) is 9.59 Å². The SMILES string of the molecule is COC(=O)[C@H](Cc1ccccc1)n1ccc([C@@H](N)C(=O)O)n1. The number of hydrogen-bond acceptors (Lipinski definition) is 5. The van der Waals surface area contributed by atoms with Crippen LogP contribution in [-0.4, -0.2) is 33.9 Å². The van der Waals surface area contributed by atoms with E-state index in [-0.39, 0.29) is 5.69 Å². The number of nitrogens with two attached hydrogens (primary N) is 1. The van der Waals surface area contributed by atoms with E-state index in [0.717, 1.165) is 5.56 Å². The number of esters is 1. The summed E-state index contributed by atoms with van der Waals surface area (Å²) >= 11 is 0. The Bertz CT molecular complexity index is 654. The van der Waals surface area contributed by atoms with Crippen molar-refractivity contribution in [2.75, 3.05) is 7.11 Å². The molecular formula is C15H17N3O4. The lowest BCUT2D eigenvalue weighted by Gasteiger charge is -2.15. The molecule has 0 aliphatic rings. The molecule has 0 unspecified atom stereocenters. The monoisotopic (exact) mass is 303 g/mol. The number of rotatable bonds is 6. The number of carboxylic acids is 1. The molecule has 7 nitrogen and oxygen atoms in total. The van der Waals surface area contributed by atoms with Crippen molar-refractivity contribution < 1.29 is 19.4 Å². The fourth-order valence-electron chi connectivity index (χ4n) is 2.08. The van der Waals surface area contributed by atoms with Crippen LogP contribution < -0.4 is 5.73 Å². The average Bonchev–Trinajstić information content (AvgIpc) is 3.01. The quantitative estimate of drug-likeness (QED) is 0.768. The van der Waals surface area contributed by atoms with E-state index in [1.165, 1.54) is 24.1 Å². The number of methoxy groups -OCH3 is 1. The molecule has 2 atom stereocenters. The Morgan fingerprint density at radius 2 is 2.00 bits per heavy atom. The van der Waals surface area contributed by atoms with Crippen molar-refractivity contribution in [3.8, 4) is 0 Å². The molecular weight excluding hydrogens is 286 g/mol. The number of carbonyl (C=O) groups is 2. The second-order valence-electron chi connectivity index (χ2n) is 4.77. The van der Waals surface area contributed by atoms with Crippen molar-refractivity contribution in [2.45, 2.75) is 18.5 Å². The first-order valence-corrected chi connectivity index (χ1v) is 6.68. The standard InChI is InChI=1S/C15H17N3O4/c1-22-15(21)12(9-10-5-3-2-4-6-10)18-8-7-11(17-18)13(16)14(19)20/h2-8,12-13H,9,16H2,1H3,(H,19,20)/t12-,13+/m0/s1. The smallest absolute Gasteiger partial charge is 0.331 e. The zero-order chi connectivity index (χ0) is 16.1. The van der Waals surface area contributed by atoms with Gasteiger partial charge in [0.2, 0.25) is 0 Å². The van der Waals surface area contributed by atoms with Gasteiger partial charge in [-0.3, -0.25) is 9.48 Å². The fourth-order valence-corrected chi connectivity index (χ4v) is 2.08.